The second kappa shape index (κ2) is 7.78. The molecule has 0 fully saturated rings. The van der Waals surface area contributed by atoms with Crippen LogP contribution >= 0.6 is 23.4 Å². The lowest BCUT2D eigenvalue weighted by molar-refractivity contribution is 0.979. The van der Waals surface area contributed by atoms with E-state index in [4.69, 9.17) is 16.9 Å². The summed E-state index contributed by atoms with van der Waals surface area (Å²) >= 11 is 7.66. The number of nitrogens with zero attached hydrogens (tertiary/aromatic N) is 2. The van der Waals surface area contributed by atoms with Gasteiger partial charge in [-0.1, -0.05) is 29.8 Å². The largest absolute Gasteiger partial charge is 0.370 e. The van der Waals surface area contributed by atoms with Crippen LogP contribution in [-0.4, -0.2) is 17.3 Å². The van der Waals surface area contributed by atoms with Crippen molar-refractivity contribution in [1.29, 1.82) is 5.26 Å². The molecular formula is C15H14ClN3S. The van der Waals surface area contributed by atoms with Crippen LogP contribution in [0, 0.1) is 11.3 Å². The molecule has 0 unspecified atom stereocenters. The molecule has 3 nitrogen and oxygen atoms in total. The minimum Gasteiger partial charge on any atom is -0.370 e. The number of aromatic nitrogens is 1. The first-order valence-corrected chi connectivity index (χ1v) is 7.64. The summed E-state index contributed by atoms with van der Waals surface area (Å²) in [5.41, 5.74) is 0.260. The molecule has 20 heavy (non-hydrogen) atoms. The maximum atomic E-state index is 8.85. The van der Waals surface area contributed by atoms with E-state index in [2.05, 4.69) is 22.4 Å². The number of hydrogen-bond acceptors (Lipinski definition) is 4. The lowest BCUT2D eigenvalue weighted by Gasteiger charge is -2.06. The Balaban J connectivity index is 1.72. The topological polar surface area (TPSA) is 48.7 Å². The third kappa shape index (κ3) is 4.44. The number of benzene rings is 1. The second-order valence-corrected chi connectivity index (χ2v) is 5.66. The van der Waals surface area contributed by atoms with E-state index in [9.17, 15) is 0 Å². The van der Waals surface area contributed by atoms with Crippen LogP contribution in [0.1, 0.15) is 12.1 Å². The molecule has 1 aromatic carbocycles. The molecule has 0 aliphatic carbocycles. The molecule has 2 aromatic rings. The summed E-state index contributed by atoms with van der Waals surface area (Å²) in [6.07, 6.45) is 1.02. The van der Waals surface area contributed by atoms with Gasteiger partial charge in [0.2, 0.25) is 0 Å². The molecule has 102 valence electrons. The van der Waals surface area contributed by atoms with Crippen molar-refractivity contribution in [3.05, 3.63) is 53.2 Å². The molecule has 0 atom stereocenters. The average molecular weight is 304 g/mol. The van der Waals surface area contributed by atoms with Crippen LogP contribution in [0.3, 0.4) is 0 Å². The highest BCUT2D eigenvalue weighted by Crippen LogP contribution is 2.18. The first kappa shape index (κ1) is 14.7. The van der Waals surface area contributed by atoms with Gasteiger partial charge in [0.15, 0.2) is 5.69 Å². The summed E-state index contributed by atoms with van der Waals surface area (Å²) < 4.78 is 0. The van der Waals surface area contributed by atoms with Gasteiger partial charge in [0, 0.05) is 11.4 Å². The van der Waals surface area contributed by atoms with Gasteiger partial charge in [-0.25, -0.2) is 4.98 Å². The van der Waals surface area contributed by atoms with Gasteiger partial charge in [0.25, 0.3) is 0 Å². The van der Waals surface area contributed by atoms with Crippen molar-refractivity contribution in [2.75, 3.05) is 17.6 Å². The standard InChI is InChI=1S/C15H14ClN3S/c16-13-7-8-15(19-14(13)11-17)18-9-4-10-20-12-5-2-1-3-6-12/h1-3,5-8H,4,9-10H2,(H,18,19). The first-order chi connectivity index (χ1) is 9.79. The quantitative estimate of drug-likeness (QED) is 0.642. The van der Waals surface area contributed by atoms with E-state index in [1.807, 2.05) is 36.0 Å². The van der Waals surface area contributed by atoms with Crippen LogP contribution in [-0.2, 0) is 0 Å². The van der Waals surface area contributed by atoms with E-state index in [0.29, 0.717) is 10.8 Å². The number of rotatable bonds is 6. The van der Waals surface area contributed by atoms with Gasteiger partial charge < -0.3 is 5.32 Å². The zero-order valence-electron chi connectivity index (χ0n) is 10.8. The van der Waals surface area contributed by atoms with Crippen molar-refractivity contribution < 1.29 is 0 Å². The van der Waals surface area contributed by atoms with Crippen LogP contribution in [0.25, 0.3) is 0 Å². The van der Waals surface area contributed by atoms with E-state index in [1.165, 1.54) is 4.90 Å². The summed E-state index contributed by atoms with van der Waals surface area (Å²) in [4.78, 5) is 5.42. The van der Waals surface area contributed by atoms with E-state index in [0.717, 1.165) is 18.7 Å². The fraction of sp³-hybridized carbons (Fsp3) is 0.200. The predicted molar refractivity (Wildman–Crippen MR) is 84.2 cm³/mol. The molecule has 1 N–H and O–H groups in total. The Morgan fingerprint density at radius 3 is 2.75 bits per heavy atom. The van der Waals surface area contributed by atoms with Gasteiger partial charge in [0.05, 0.1) is 5.02 Å². The van der Waals surface area contributed by atoms with Crippen molar-refractivity contribution in [2.45, 2.75) is 11.3 Å². The van der Waals surface area contributed by atoms with Crippen molar-refractivity contribution in [3.8, 4) is 6.07 Å². The molecule has 0 amide bonds. The van der Waals surface area contributed by atoms with Gasteiger partial charge in [-0.2, -0.15) is 5.26 Å². The fourth-order valence-electron chi connectivity index (χ4n) is 1.61. The zero-order chi connectivity index (χ0) is 14.2. The summed E-state index contributed by atoms with van der Waals surface area (Å²) in [5, 5.41) is 12.4. The molecule has 0 aliphatic rings. The van der Waals surface area contributed by atoms with Gasteiger partial charge in [-0.05, 0) is 36.4 Å². The smallest absolute Gasteiger partial charge is 0.161 e. The molecule has 1 heterocycles. The molecule has 0 radical (unpaired) electrons. The lowest BCUT2D eigenvalue weighted by atomic mass is 10.3. The van der Waals surface area contributed by atoms with Crippen molar-refractivity contribution in [3.63, 3.8) is 0 Å². The van der Waals surface area contributed by atoms with Crippen molar-refractivity contribution in [1.82, 2.24) is 4.98 Å². The number of thioether (sulfide) groups is 1. The summed E-state index contributed by atoms with van der Waals surface area (Å²) in [7, 11) is 0. The van der Waals surface area contributed by atoms with E-state index >= 15 is 0 Å². The molecule has 0 bridgehead atoms. The maximum Gasteiger partial charge on any atom is 0.161 e. The van der Waals surface area contributed by atoms with Gasteiger partial charge in [-0.3, -0.25) is 0 Å². The van der Waals surface area contributed by atoms with Crippen LogP contribution in [0.15, 0.2) is 47.4 Å². The number of nitrogens with one attached hydrogen (secondary N) is 1. The molecule has 0 saturated carbocycles. The van der Waals surface area contributed by atoms with Crippen LogP contribution in [0.4, 0.5) is 5.82 Å². The minimum absolute atomic E-state index is 0.260. The Morgan fingerprint density at radius 1 is 1.20 bits per heavy atom. The Labute approximate surface area is 128 Å². The van der Waals surface area contributed by atoms with Gasteiger partial charge in [-0.15, -0.1) is 11.8 Å². The molecule has 1 aromatic heterocycles. The summed E-state index contributed by atoms with van der Waals surface area (Å²) in [6, 6.07) is 15.8. The second-order valence-electron chi connectivity index (χ2n) is 4.08. The molecular weight excluding hydrogens is 290 g/mol. The van der Waals surface area contributed by atoms with Crippen LogP contribution < -0.4 is 5.32 Å². The molecule has 0 spiro atoms. The average Bonchev–Trinajstić information content (AvgIpc) is 2.49. The van der Waals surface area contributed by atoms with Gasteiger partial charge >= 0.3 is 0 Å². The number of halogens is 1. The highest BCUT2D eigenvalue weighted by molar-refractivity contribution is 7.99. The van der Waals surface area contributed by atoms with E-state index in [-0.39, 0.29) is 5.69 Å². The molecule has 0 saturated heterocycles. The highest BCUT2D eigenvalue weighted by Gasteiger charge is 2.02. The van der Waals surface area contributed by atoms with E-state index in [1.54, 1.807) is 12.1 Å². The zero-order valence-corrected chi connectivity index (χ0v) is 12.4. The Bertz CT molecular complexity index is 596. The number of pyridine rings is 1. The summed E-state index contributed by atoms with van der Waals surface area (Å²) in [5.74, 6) is 1.73. The lowest BCUT2D eigenvalue weighted by Crippen LogP contribution is -2.05. The normalized spacial score (nSPS) is 10.0. The highest BCUT2D eigenvalue weighted by atomic mass is 35.5. The molecule has 0 aliphatic heterocycles. The first-order valence-electron chi connectivity index (χ1n) is 6.28. The van der Waals surface area contributed by atoms with Crippen molar-refractivity contribution in [2.24, 2.45) is 0 Å². The third-order valence-electron chi connectivity index (χ3n) is 2.59. The fourth-order valence-corrected chi connectivity index (χ4v) is 2.64. The molecule has 2 rings (SSSR count). The predicted octanol–water partition coefficient (Wildman–Crippen LogP) is 4.20. The Kier molecular flexibility index (Phi) is 5.72. The van der Waals surface area contributed by atoms with Gasteiger partial charge in [0.1, 0.15) is 11.9 Å². The molecule has 5 heteroatoms. The van der Waals surface area contributed by atoms with E-state index < -0.39 is 0 Å². The van der Waals surface area contributed by atoms with Crippen LogP contribution in [0.5, 0.6) is 0 Å². The minimum atomic E-state index is 0.260. The third-order valence-corrected chi connectivity index (χ3v) is 3.99. The summed E-state index contributed by atoms with van der Waals surface area (Å²) in [6.45, 7) is 0.819. The maximum absolute atomic E-state index is 8.85. The monoisotopic (exact) mass is 303 g/mol. The van der Waals surface area contributed by atoms with Crippen LogP contribution in [0.2, 0.25) is 5.02 Å². The van der Waals surface area contributed by atoms with Crippen molar-refractivity contribution >= 4 is 29.2 Å². The Hall–Kier alpha value is -1.70. The SMILES string of the molecule is N#Cc1nc(NCCCSc2ccccc2)ccc1Cl. The number of anilines is 1. The Morgan fingerprint density at radius 2 is 2.00 bits per heavy atom. The number of hydrogen-bond donors (Lipinski definition) is 1. The number of nitriles is 1.